The number of nitrogens with zero attached hydrogens (tertiary/aromatic N) is 2. The highest BCUT2D eigenvalue weighted by molar-refractivity contribution is 5.79. The Labute approximate surface area is 117 Å². The maximum absolute atomic E-state index is 12.6. The molecule has 110 valence electrons. The van der Waals surface area contributed by atoms with Gasteiger partial charge in [0.1, 0.15) is 0 Å². The molecule has 4 heteroatoms. The average Bonchev–Trinajstić information content (AvgIpc) is 2.63. The molecule has 1 saturated heterocycles. The zero-order valence-electron chi connectivity index (χ0n) is 12.3. The predicted octanol–water partition coefficient (Wildman–Crippen LogP) is 1.31. The molecule has 2 unspecified atom stereocenters. The number of carbonyl (C=O) groups excluding carboxylic acids is 1. The van der Waals surface area contributed by atoms with Crippen LogP contribution in [0.1, 0.15) is 38.5 Å². The summed E-state index contributed by atoms with van der Waals surface area (Å²) < 4.78 is 0. The summed E-state index contributed by atoms with van der Waals surface area (Å²) in [5, 5.41) is 0. The molecule has 2 atom stereocenters. The van der Waals surface area contributed by atoms with E-state index >= 15 is 0 Å². The summed E-state index contributed by atoms with van der Waals surface area (Å²) in [4.78, 5) is 17.1. The van der Waals surface area contributed by atoms with Crippen LogP contribution in [-0.2, 0) is 4.79 Å². The Kier molecular flexibility index (Phi) is 5.64. The van der Waals surface area contributed by atoms with Crippen LogP contribution in [0.25, 0.3) is 0 Å². The van der Waals surface area contributed by atoms with Crippen LogP contribution in [0.4, 0.5) is 0 Å². The Morgan fingerprint density at radius 3 is 2.79 bits per heavy atom. The molecule has 2 aliphatic rings. The molecule has 0 radical (unpaired) electrons. The van der Waals surface area contributed by atoms with Crippen molar-refractivity contribution in [3.63, 3.8) is 0 Å². The molecule has 1 heterocycles. The number of hydrogen-bond donors (Lipinski definition) is 1. The largest absolute Gasteiger partial charge is 0.341 e. The van der Waals surface area contributed by atoms with Crippen LogP contribution in [0.3, 0.4) is 0 Å². The molecule has 1 saturated carbocycles. The van der Waals surface area contributed by atoms with Crippen molar-refractivity contribution in [3.05, 3.63) is 0 Å². The second-order valence-corrected chi connectivity index (χ2v) is 6.29. The van der Waals surface area contributed by atoms with Crippen molar-refractivity contribution in [2.75, 3.05) is 39.8 Å². The van der Waals surface area contributed by atoms with Crippen LogP contribution in [0.2, 0.25) is 0 Å². The fourth-order valence-electron chi connectivity index (χ4n) is 3.54. The third kappa shape index (κ3) is 4.18. The minimum atomic E-state index is 0.272. The SMILES string of the molecule is CN1CCCN(C(=O)C2CCCC(CCN)C2)CC1. The molecule has 0 aromatic heterocycles. The van der Waals surface area contributed by atoms with E-state index in [0.717, 1.165) is 58.4 Å². The molecule has 2 rings (SSSR count). The molecule has 0 aromatic rings. The fourth-order valence-corrected chi connectivity index (χ4v) is 3.54. The van der Waals surface area contributed by atoms with Gasteiger partial charge in [-0.15, -0.1) is 0 Å². The number of carbonyl (C=O) groups is 1. The Bertz CT molecular complexity index is 293. The second-order valence-electron chi connectivity index (χ2n) is 6.29. The van der Waals surface area contributed by atoms with Gasteiger partial charge in [0, 0.05) is 25.6 Å². The lowest BCUT2D eigenvalue weighted by atomic mass is 9.79. The molecule has 0 bridgehead atoms. The van der Waals surface area contributed by atoms with Gasteiger partial charge in [-0.05, 0) is 51.7 Å². The monoisotopic (exact) mass is 267 g/mol. The van der Waals surface area contributed by atoms with Crippen molar-refractivity contribution in [2.24, 2.45) is 17.6 Å². The maximum atomic E-state index is 12.6. The normalized spacial score (nSPS) is 30.1. The van der Waals surface area contributed by atoms with E-state index in [4.69, 9.17) is 5.73 Å². The summed E-state index contributed by atoms with van der Waals surface area (Å²) >= 11 is 0. The molecule has 1 aliphatic carbocycles. The highest BCUT2D eigenvalue weighted by Gasteiger charge is 2.30. The summed E-state index contributed by atoms with van der Waals surface area (Å²) in [6.45, 7) is 4.75. The quantitative estimate of drug-likeness (QED) is 0.838. The molecule has 2 fully saturated rings. The van der Waals surface area contributed by atoms with E-state index in [1.54, 1.807) is 0 Å². The van der Waals surface area contributed by atoms with E-state index in [1.807, 2.05) is 0 Å². The Balaban J connectivity index is 1.87. The van der Waals surface area contributed by atoms with Gasteiger partial charge in [-0.25, -0.2) is 0 Å². The number of nitrogens with two attached hydrogens (primary N) is 1. The van der Waals surface area contributed by atoms with Crippen molar-refractivity contribution in [2.45, 2.75) is 38.5 Å². The minimum Gasteiger partial charge on any atom is -0.341 e. The molecule has 1 amide bonds. The highest BCUT2D eigenvalue weighted by atomic mass is 16.2. The van der Waals surface area contributed by atoms with Crippen molar-refractivity contribution in [1.82, 2.24) is 9.80 Å². The van der Waals surface area contributed by atoms with Crippen LogP contribution < -0.4 is 5.73 Å². The topological polar surface area (TPSA) is 49.6 Å². The number of likely N-dealkylation sites (N-methyl/N-ethyl adjacent to an activating group) is 1. The van der Waals surface area contributed by atoms with Crippen molar-refractivity contribution in [1.29, 1.82) is 0 Å². The zero-order valence-corrected chi connectivity index (χ0v) is 12.3. The Morgan fingerprint density at radius 1 is 1.16 bits per heavy atom. The molecule has 19 heavy (non-hydrogen) atoms. The van der Waals surface area contributed by atoms with E-state index in [0.29, 0.717) is 11.8 Å². The fraction of sp³-hybridized carbons (Fsp3) is 0.933. The molecule has 2 N–H and O–H groups in total. The molecule has 1 aliphatic heterocycles. The minimum absolute atomic E-state index is 0.272. The first-order valence-corrected chi connectivity index (χ1v) is 7.88. The zero-order chi connectivity index (χ0) is 13.7. The molecule has 4 nitrogen and oxygen atoms in total. The van der Waals surface area contributed by atoms with Crippen LogP contribution in [0.15, 0.2) is 0 Å². The second kappa shape index (κ2) is 7.25. The molecule has 0 aromatic carbocycles. The smallest absolute Gasteiger partial charge is 0.225 e. The van der Waals surface area contributed by atoms with Gasteiger partial charge in [-0.1, -0.05) is 12.8 Å². The third-order valence-corrected chi connectivity index (χ3v) is 4.74. The molecular weight excluding hydrogens is 238 g/mol. The summed E-state index contributed by atoms with van der Waals surface area (Å²) in [5.74, 6) is 1.37. The van der Waals surface area contributed by atoms with Gasteiger partial charge in [0.05, 0.1) is 0 Å². The highest BCUT2D eigenvalue weighted by Crippen LogP contribution is 2.32. The van der Waals surface area contributed by atoms with Gasteiger partial charge in [-0.2, -0.15) is 0 Å². The van der Waals surface area contributed by atoms with Gasteiger partial charge in [0.15, 0.2) is 0 Å². The van der Waals surface area contributed by atoms with E-state index in [1.165, 1.54) is 12.8 Å². The van der Waals surface area contributed by atoms with Gasteiger partial charge in [-0.3, -0.25) is 4.79 Å². The molecule has 0 spiro atoms. The summed E-state index contributed by atoms with van der Waals surface area (Å²) in [5.41, 5.74) is 5.66. The summed E-state index contributed by atoms with van der Waals surface area (Å²) in [7, 11) is 2.14. The number of rotatable bonds is 3. The van der Waals surface area contributed by atoms with Crippen LogP contribution in [0.5, 0.6) is 0 Å². The first kappa shape index (κ1) is 14.8. The van der Waals surface area contributed by atoms with E-state index in [2.05, 4.69) is 16.8 Å². The first-order valence-electron chi connectivity index (χ1n) is 7.88. The number of hydrogen-bond acceptors (Lipinski definition) is 3. The van der Waals surface area contributed by atoms with Crippen LogP contribution >= 0.6 is 0 Å². The summed E-state index contributed by atoms with van der Waals surface area (Å²) in [6, 6.07) is 0. The van der Waals surface area contributed by atoms with Crippen LogP contribution in [-0.4, -0.2) is 55.5 Å². The van der Waals surface area contributed by atoms with Gasteiger partial charge >= 0.3 is 0 Å². The lowest BCUT2D eigenvalue weighted by Gasteiger charge is -2.32. The van der Waals surface area contributed by atoms with E-state index in [9.17, 15) is 4.79 Å². The van der Waals surface area contributed by atoms with Gasteiger partial charge < -0.3 is 15.5 Å². The summed E-state index contributed by atoms with van der Waals surface area (Å²) in [6.07, 6.45) is 6.83. The predicted molar refractivity (Wildman–Crippen MR) is 77.8 cm³/mol. The number of amides is 1. The van der Waals surface area contributed by atoms with Gasteiger partial charge in [0.25, 0.3) is 0 Å². The van der Waals surface area contributed by atoms with Crippen LogP contribution in [0, 0.1) is 11.8 Å². The standard InChI is InChI=1S/C15H29N3O/c1-17-8-3-9-18(11-10-17)15(19)14-5-2-4-13(12-14)6-7-16/h13-14H,2-12,16H2,1H3. The van der Waals surface area contributed by atoms with E-state index < -0.39 is 0 Å². The lowest BCUT2D eigenvalue weighted by Crippen LogP contribution is -2.40. The van der Waals surface area contributed by atoms with Gasteiger partial charge in [0.2, 0.25) is 5.91 Å². The Morgan fingerprint density at radius 2 is 2.00 bits per heavy atom. The third-order valence-electron chi connectivity index (χ3n) is 4.74. The van der Waals surface area contributed by atoms with E-state index in [-0.39, 0.29) is 5.92 Å². The average molecular weight is 267 g/mol. The maximum Gasteiger partial charge on any atom is 0.225 e. The lowest BCUT2D eigenvalue weighted by molar-refractivity contribution is -0.137. The van der Waals surface area contributed by atoms with Crippen molar-refractivity contribution >= 4 is 5.91 Å². The molecular formula is C15H29N3O. The first-order chi connectivity index (χ1) is 9.20. The van der Waals surface area contributed by atoms with Crippen molar-refractivity contribution < 1.29 is 4.79 Å². The Hall–Kier alpha value is -0.610. The van der Waals surface area contributed by atoms with Crippen molar-refractivity contribution in [3.8, 4) is 0 Å².